The van der Waals surface area contributed by atoms with Crippen molar-refractivity contribution < 1.29 is 19.1 Å². The van der Waals surface area contributed by atoms with E-state index >= 15 is 0 Å². The van der Waals surface area contributed by atoms with Crippen molar-refractivity contribution in [3.63, 3.8) is 0 Å². The minimum atomic E-state index is -1.03. The van der Waals surface area contributed by atoms with Crippen molar-refractivity contribution in [2.75, 3.05) is 7.11 Å². The van der Waals surface area contributed by atoms with Crippen LogP contribution in [0.15, 0.2) is 0 Å². The first kappa shape index (κ1) is 11.9. The van der Waals surface area contributed by atoms with Crippen molar-refractivity contribution in [1.29, 1.82) is 0 Å². The Balaban J connectivity index is 2.81. The van der Waals surface area contributed by atoms with Gasteiger partial charge in [-0.25, -0.2) is 0 Å². The van der Waals surface area contributed by atoms with Gasteiger partial charge in [-0.3, -0.25) is 9.59 Å². The first-order valence-electron chi connectivity index (χ1n) is 5.14. The van der Waals surface area contributed by atoms with E-state index in [9.17, 15) is 14.4 Å². The Morgan fingerprint density at radius 3 is 2.53 bits per heavy atom. The molecule has 0 spiro atoms. The number of hydrogen-bond acceptors (Lipinski definition) is 4. The van der Waals surface area contributed by atoms with Crippen LogP contribution < -0.4 is 0 Å². The summed E-state index contributed by atoms with van der Waals surface area (Å²) in [4.78, 5) is 34.2. The number of Topliss-reactive ketones (excluding diaryl/α,β-unsaturated/α-hetero) is 2. The monoisotopic (exact) mass is 212 g/mol. The van der Waals surface area contributed by atoms with Gasteiger partial charge in [0.05, 0.1) is 7.11 Å². The molecule has 0 aromatic heterocycles. The van der Waals surface area contributed by atoms with Crippen molar-refractivity contribution in [2.45, 2.75) is 39.0 Å². The highest BCUT2D eigenvalue weighted by molar-refractivity contribution is 6.05. The molecule has 4 heteroatoms. The van der Waals surface area contributed by atoms with Crippen molar-refractivity contribution in [1.82, 2.24) is 0 Å². The second kappa shape index (κ2) is 4.55. The minimum Gasteiger partial charge on any atom is -0.468 e. The fourth-order valence-corrected chi connectivity index (χ4v) is 2.10. The minimum absolute atomic E-state index is 0.00187. The van der Waals surface area contributed by atoms with E-state index in [4.69, 9.17) is 0 Å². The maximum absolute atomic E-state index is 11.7. The van der Waals surface area contributed by atoms with E-state index in [1.54, 1.807) is 0 Å². The van der Waals surface area contributed by atoms with Gasteiger partial charge < -0.3 is 9.53 Å². The molecule has 0 bridgehead atoms. The Kier molecular flexibility index (Phi) is 3.61. The van der Waals surface area contributed by atoms with E-state index in [0.717, 1.165) is 0 Å². The fraction of sp³-hybridized carbons (Fsp3) is 0.727. The van der Waals surface area contributed by atoms with Crippen LogP contribution in [-0.2, 0) is 19.1 Å². The van der Waals surface area contributed by atoms with Gasteiger partial charge >= 0.3 is 5.97 Å². The zero-order chi connectivity index (χ0) is 11.5. The molecule has 4 nitrogen and oxygen atoms in total. The van der Waals surface area contributed by atoms with Gasteiger partial charge in [0.15, 0.2) is 0 Å². The Morgan fingerprint density at radius 1 is 1.47 bits per heavy atom. The average Bonchev–Trinajstić information content (AvgIpc) is 2.57. The Labute approximate surface area is 89.0 Å². The lowest BCUT2D eigenvalue weighted by Crippen LogP contribution is -2.36. The number of carbonyl (C=O) groups is 3. The molecule has 1 aliphatic rings. The molecule has 0 aliphatic heterocycles. The number of rotatable bonds is 4. The molecule has 0 unspecified atom stereocenters. The summed E-state index contributed by atoms with van der Waals surface area (Å²) in [5.41, 5.74) is -1.03. The molecular weight excluding hydrogens is 196 g/mol. The topological polar surface area (TPSA) is 60.4 Å². The number of ketones is 2. The fourth-order valence-electron chi connectivity index (χ4n) is 2.10. The summed E-state index contributed by atoms with van der Waals surface area (Å²) in [5, 5.41) is 0. The molecule has 0 aromatic rings. The Morgan fingerprint density at radius 2 is 2.13 bits per heavy atom. The summed E-state index contributed by atoms with van der Waals surface area (Å²) >= 11 is 0. The lowest BCUT2D eigenvalue weighted by atomic mass is 9.80. The first-order valence-corrected chi connectivity index (χ1v) is 5.14. The number of ether oxygens (including phenoxy) is 1. The molecule has 1 saturated carbocycles. The molecule has 1 aliphatic carbocycles. The summed E-state index contributed by atoms with van der Waals surface area (Å²) in [6, 6.07) is 0. The van der Waals surface area contributed by atoms with E-state index < -0.39 is 11.4 Å². The van der Waals surface area contributed by atoms with Gasteiger partial charge in [-0.2, -0.15) is 0 Å². The molecule has 0 aromatic carbocycles. The molecule has 0 amide bonds. The van der Waals surface area contributed by atoms with Crippen molar-refractivity contribution in [3.05, 3.63) is 0 Å². The first-order chi connectivity index (χ1) is 7.03. The summed E-state index contributed by atoms with van der Waals surface area (Å²) in [6.07, 6.45) is 2.22. The molecule has 0 radical (unpaired) electrons. The SMILES string of the molecule is COC(=O)[C@]1(CCC(C)=O)CCCC1=O. The predicted molar refractivity (Wildman–Crippen MR) is 53.2 cm³/mol. The van der Waals surface area contributed by atoms with Crippen LogP contribution in [0.5, 0.6) is 0 Å². The molecular formula is C11H16O4. The maximum atomic E-state index is 11.7. The van der Waals surface area contributed by atoms with Gasteiger partial charge in [0.1, 0.15) is 17.0 Å². The molecule has 15 heavy (non-hydrogen) atoms. The van der Waals surface area contributed by atoms with E-state index in [1.165, 1.54) is 14.0 Å². The van der Waals surface area contributed by atoms with Gasteiger partial charge in [0, 0.05) is 12.8 Å². The van der Waals surface area contributed by atoms with Crippen molar-refractivity contribution >= 4 is 17.5 Å². The molecule has 0 N–H and O–H groups in total. The van der Waals surface area contributed by atoms with Crippen LogP contribution in [-0.4, -0.2) is 24.6 Å². The summed E-state index contributed by atoms with van der Waals surface area (Å²) in [6.45, 7) is 1.46. The highest BCUT2D eigenvalue weighted by atomic mass is 16.5. The quantitative estimate of drug-likeness (QED) is 0.520. The molecule has 1 fully saturated rings. The van der Waals surface area contributed by atoms with Crippen LogP contribution in [0.25, 0.3) is 0 Å². The lowest BCUT2D eigenvalue weighted by Gasteiger charge is -2.23. The lowest BCUT2D eigenvalue weighted by molar-refractivity contribution is -0.157. The number of carbonyl (C=O) groups excluding carboxylic acids is 3. The highest BCUT2D eigenvalue weighted by Gasteiger charge is 2.49. The van der Waals surface area contributed by atoms with Crippen LogP contribution in [0.3, 0.4) is 0 Å². The third-order valence-electron chi connectivity index (χ3n) is 3.02. The van der Waals surface area contributed by atoms with Crippen LogP contribution in [0.1, 0.15) is 39.0 Å². The van der Waals surface area contributed by atoms with E-state index in [2.05, 4.69) is 4.74 Å². The highest BCUT2D eigenvalue weighted by Crippen LogP contribution is 2.40. The zero-order valence-electron chi connectivity index (χ0n) is 9.17. The van der Waals surface area contributed by atoms with Crippen LogP contribution in [0.4, 0.5) is 0 Å². The maximum Gasteiger partial charge on any atom is 0.319 e. The normalized spacial score (nSPS) is 25.3. The predicted octanol–water partition coefficient (Wildman–Crippen LogP) is 1.27. The van der Waals surface area contributed by atoms with Crippen molar-refractivity contribution in [3.8, 4) is 0 Å². The third kappa shape index (κ3) is 2.25. The van der Waals surface area contributed by atoms with E-state index in [1.807, 2.05) is 0 Å². The second-order valence-corrected chi connectivity index (χ2v) is 4.05. The molecule has 0 heterocycles. The summed E-state index contributed by atoms with van der Waals surface area (Å²) in [7, 11) is 1.28. The van der Waals surface area contributed by atoms with Gasteiger partial charge in [-0.15, -0.1) is 0 Å². The third-order valence-corrected chi connectivity index (χ3v) is 3.02. The Bertz CT molecular complexity index is 295. The average molecular weight is 212 g/mol. The number of methoxy groups -OCH3 is 1. The molecule has 1 atom stereocenters. The molecule has 84 valence electrons. The van der Waals surface area contributed by atoms with Crippen molar-refractivity contribution in [2.24, 2.45) is 5.41 Å². The molecule has 0 saturated heterocycles. The summed E-state index contributed by atoms with van der Waals surface area (Å²) < 4.78 is 4.67. The number of hydrogen-bond donors (Lipinski definition) is 0. The van der Waals surface area contributed by atoms with Crippen LogP contribution in [0.2, 0.25) is 0 Å². The van der Waals surface area contributed by atoms with Gasteiger partial charge in [0.25, 0.3) is 0 Å². The Hall–Kier alpha value is -1.19. The van der Waals surface area contributed by atoms with Gasteiger partial charge in [-0.05, 0) is 26.2 Å². The summed E-state index contributed by atoms with van der Waals surface area (Å²) in [5.74, 6) is -0.556. The standard InChI is InChI=1S/C11H16O4/c1-8(12)5-7-11(10(14)15-2)6-3-4-9(11)13/h3-7H2,1-2H3/t11-/m0/s1. The largest absolute Gasteiger partial charge is 0.468 e. The van der Waals surface area contributed by atoms with E-state index in [-0.39, 0.29) is 18.0 Å². The number of esters is 1. The molecule has 1 rings (SSSR count). The van der Waals surface area contributed by atoms with E-state index in [0.29, 0.717) is 25.7 Å². The van der Waals surface area contributed by atoms with Gasteiger partial charge in [-0.1, -0.05) is 0 Å². The smallest absolute Gasteiger partial charge is 0.319 e. The van der Waals surface area contributed by atoms with Gasteiger partial charge in [0.2, 0.25) is 0 Å². The zero-order valence-corrected chi connectivity index (χ0v) is 9.17. The van der Waals surface area contributed by atoms with Crippen LogP contribution in [0, 0.1) is 5.41 Å². The second-order valence-electron chi connectivity index (χ2n) is 4.05. The van der Waals surface area contributed by atoms with Crippen LogP contribution >= 0.6 is 0 Å².